The molecule has 1 saturated carbocycles. The van der Waals surface area contributed by atoms with Crippen LogP contribution in [0.2, 0.25) is 0 Å². The normalized spacial score (nSPS) is 22.4. The highest BCUT2D eigenvalue weighted by Gasteiger charge is 2.39. The lowest BCUT2D eigenvalue weighted by atomic mass is 9.78. The van der Waals surface area contributed by atoms with Gasteiger partial charge in [0.15, 0.2) is 6.10 Å². The van der Waals surface area contributed by atoms with Crippen LogP contribution in [0.4, 0.5) is 13.2 Å². The van der Waals surface area contributed by atoms with Crippen LogP contribution in [0.5, 0.6) is 5.19 Å². The van der Waals surface area contributed by atoms with Gasteiger partial charge in [-0.15, -0.1) is 11.3 Å². The van der Waals surface area contributed by atoms with Crippen molar-refractivity contribution in [1.29, 1.82) is 0 Å². The van der Waals surface area contributed by atoms with Gasteiger partial charge in [0.25, 0.3) is 5.19 Å². The van der Waals surface area contributed by atoms with Crippen LogP contribution in [0.25, 0.3) is 0 Å². The Labute approximate surface area is 213 Å². The summed E-state index contributed by atoms with van der Waals surface area (Å²) in [5, 5.41) is 1.14. The first kappa shape index (κ1) is 26.5. The molecule has 194 valence electrons. The summed E-state index contributed by atoms with van der Waals surface area (Å²) in [4.78, 5) is 25.6. The third-order valence-electron chi connectivity index (χ3n) is 7.19. The van der Waals surface area contributed by atoms with Crippen LogP contribution in [-0.4, -0.2) is 52.6 Å². The molecular weight excluding hydrogens is 495 g/mol. The number of hydrogen-bond acceptors (Lipinski definition) is 7. The SMILES string of the molecule is Cc1ncc(CC(=O)CC2CCC(CCN3CCc4nc(OC(C)C(F)(F)F)sc4CC3)CC2)s1. The molecule has 0 N–H and O–H groups in total. The van der Waals surface area contributed by atoms with Gasteiger partial charge in [0.2, 0.25) is 0 Å². The fourth-order valence-corrected chi connectivity index (χ4v) is 6.88. The molecule has 1 aliphatic carbocycles. The number of rotatable bonds is 9. The largest absolute Gasteiger partial charge is 0.457 e. The van der Waals surface area contributed by atoms with E-state index < -0.39 is 12.3 Å². The number of ketones is 1. The molecule has 0 amide bonds. The second-order valence-electron chi connectivity index (χ2n) is 9.93. The number of fused-ring (bicyclic) bond motifs is 1. The molecule has 1 aliphatic heterocycles. The van der Waals surface area contributed by atoms with Crippen molar-refractivity contribution in [2.45, 2.75) is 83.9 Å². The number of alkyl halides is 3. The fourth-order valence-electron chi connectivity index (χ4n) is 5.04. The van der Waals surface area contributed by atoms with Crippen LogP contribution < -0.4 is 4.74 Å². The molecule has 5 nitrogen and oxygen atoms in total. The smallest absolute Gasteiger partial charge is 0.425 e. The maximum atomic E-state index is 12.8. The van der Waals surface area contributed by atoms with Crippen LogP contribution in [0.3, 0.4) is 0 Å². The second-order valence-corrected chi connectivity index (χ2v) is 12.3. The maximum absolute atomic E-state index is 12.8. The number of nitrogens with zero attached hydrogens (tertiary/aromatic N) is 3. The minimum Gasteiger partial charge on any atom is -0.457 e. The van der Waals surface area contributed by atoms with Gasteiger partial charge in [-0.3, -0.25) is 4.79 Å². The van der Waals surface area contributed by atoms with Crippen molar-refractivity contribution in [3.63, 3.8) is 0 Å². The van der Waals surface area contributed by atoms with Crippen molar-refractivity contribution in [3.8, 4) is 5.19 Å². The van der Waals surface area contributed by atoms with Gasteiger partial charge < -0.3 is 9.64 Å². The maximum Gasteiger partial charge on any atom is 0.425 e. The van der Waals surface area contributed by atoms with E-state index in [0.29, 0.717) is 30.5 Å². The summed E-state index contributed by atoms with van der Waals surface area (Å²) in [7, 11) is 0. The lowest BCUT2D eigenvalue weighted by Crippen LogP contribution is -2.31. The van der Waals surface area contributed by atoms with Crippen molar-refractivity contribution < 1.29 is 22.7 Å². The van der Waals surface area contributed by atoms with E-state index in [0.717, 1.165) is 72.7 Å². The highest BCUT2D eigenvalue weighted by Crippen LogP contribution is 2.34. The first-order valence-electron chi connectivity index (χ1n) is 12.5. The van der Waals surface area contributed by atoms with Crippen LogP contribution in [0.15, 0.2) is 6.20 Å². The molecule has 2 aliphatic rings. The summed E-state index contributed by atoms with van der Waals surface area (Å²) in [6, 6.07) is 0. The quantitative estimate of drug-likeness (QED) is 0.397. The predicted octanol–water partition coefficient (Wildman–Crippen LogP) is 6.04. The Morgan fingerprint density at radius 2 is 1.89 bits per heavy atom. The number of aromatic nitrogens is 2. The van der Waals surface area contributed by atoms with Gasteiger partial charge in [-0.05, 0) is 57.9 Å². The number of ether oxygens (including phenoxy) is 1. The summed E-state index contributed by atoms with van der Waals surface area (Å²) < 4.78 is 43.3. The number of carbonyl (C=O) groups excluding carboxylic acids is 1. The molecule has 2 aromatic rings. The van der Waals surface area contributed by atoms with Gasteiger partial charge in [-0.2, -0.15) is 13.2 Å². The van der Waals surface area contributed by atoms with E-state index in [2.05, 4.69) is 14.9 Å². The molecule has 1 atom stereocenters. The fraction of sp³-hybridized carbons (Fsp3) is 0.720. The standard InChI is InChI=1S/C25H34F3N3O2S2/c1-16(25(26,27)28)33-24-30-22-8-11-31(12-9-23(22)35-24)10-7-18-3-5-19(6-4-18)13-20(32)14-21-15-29-17(2)34-21/h15-16,18-19H,3-14H2,1-2H3. The summed E-state index contributed by atoms with van der Waals surface area (Å²) in [5.41, 5.74) is 0.889. The molecule has 1 fully saturated rings. The molecule has 3 heterocycles. The van der Waals surface area contributed by atoms with Crippen molar-refractivity contribution in [1.82, 2.24) is 14.9 Å². The highest BCUT2D eigenvalue weighted by molar-refractivity contribution is 7.13. The number of thiazole rings is 2. The topological polar surface area (TPSA) is 55.3 Å². The predicted molar refractivity (Wildman–Crippen MR) is 132 cm³/mol. The number of carbonyl (C=O) groups is 1. The Hall–Kier alpha value is -1.52. The van der Waals surface area contributed by atoms with E-state index in [9.17, 15) is 18.0 Å². The molecule has 0 bridgehead atoms. The average molecular weight is 530 g/mol. The van der Waals surface area contributed by atoms with E-state index in [4.69, 9.17) is 4.74 Å². The molecule has 1 unspecified atom stereocenters. The molecule has 0 radical (unpaired) electrons. The molecule has 2 aromatic heterocycles. The van der Waals surface area contributed by atoms with Crippen LogP contribution >= 0.6 is 22.7 Å². The third kappa shape index (κ3) is 7.73. The van der Waals surface area contributed by atoms with Gasteiger partial charge >= 0.3 is 6.18 Å². The Balaban J connectivity index is 1.14. The second kappa shape index (κ2) is 11.7. The number of aryl methyl sites for hydroxylation is 1. The first-order chi connectivity index (χ1) is 16.7. The third-order valence-corrected chi connectivity index (χ3v) is 9.15. The van der Waals surface area contributed by atoms with E-state index in [-0.39, 0.29) is 5.19 Å². The molecule has 35 heavy (non-hydrogen) atoms. The van der Waals surface area contributed by atoms with Crippen molar-refractivity contribution >= 4 is 28.5 Å². The Morgan fingerprint density at radius 1 is 1.17 bits per heavy atom. The molecule has 10 heteroatoms. The van der Waals surface area contributed by atoms with Crippen LogP contribution in [0.1, 0.15) is 65.9 Å². The summed E-state index contributed by atoms with van der Waals surface area (Å²) in [6.07, 6.45) is 4.21. The Bertz CT molecular complexity index is 958. The Morgan fingerprint density at radius 3 is 2.57 bits per heavy atom. The average Bonchev–Trinajstić information content (AvgIpc) is 3.33. The summed E-state index contributed by atoms with van der Waals surface area (Å²) in [5.74, 6) is 1.57. The van der Waals surface area contributed by atoms with Gasteiger partial charge in [-0.25, -0.2) is 9.97 Å². The van der Waals surface area contributed by atoms with Crippen LogP contribution in [-0.2, 0) is 24.1 Å². The molecule has 0 saturated heterocycles. The molecular formula is C25H34F3N3O2S2. The molecule has 0 spiro atoms. The Kier molecular flexibility index (Phi) is 8.86. The van der Waals surface area contributed by atoms with Gasteiger partial charge in [0, 0.05) is 48.3 Å². The van der Waals surface area contributed by atoms with Crippen molar-refractivity contribution in [2.24, 2.45) is 11.8 Å². The minimum atomic E-state index is -4.38. The van der Waals surface area contributed by atoms with Crippen molar-refractivity contribution in [3.05, 3.63) is 26.7 Å². The zero-order chi connectivity index (χ0) is 25.0. The summed E-state index contributed by atoms with van der Waals surface area (Å²) >= 11 is 2.87. The monoisotopic (exact) mass is 529 g/mol. The van der Waals surface area contributed by atoms with Crippen molar-refractivity contribution in [2.75, 3.05) is 19.6 Å². The lowest BCUT2D eigenvalue weighted by molar-refractivity contribution is -0.189. The van der Waals surface area contributed by atoms with Gasteiger partial charge in [0.1, 0.15) is 5.78 Å². The van der Waals surface area contributed by atoms with E-state index in [1.54, 1.807) is 11.3 Å². The zero-order valence-corrected chi connectivity index (χ0v) is 22.0. The zero-order valence-electron chi connectivity index (χ0n) is 20.4. The van der Waals surface area contributed by atoms with E-state index in [1.807, 2.05) is 13.1 Å². The molecule has 0 aromatic carbocycles. The summed E-state index contributed by atoms with van der Waals surface area (Å²) in [6.45, 7) is 5.82. The molecule has 4 rings (SSSR count). The number of halogens is 3. The first-order valence-corrected chi connectivity index (χ1v) is 14.2. The minimum absolute atomic E-state index is 0.130. The lowest BCUT2D eigenvalue weighted by Gasteiger charge is -2.30. The van der Waals surface area contributed by atoms with Gasteiger partial charge in [0.05, 0.1) is 10.7 Å². The van der Waals surface area contributed by atoms with E-state index >= 15 is 0 Å². The highest BCUT2D eigenvalue weighted by atomic mass is 32.1. The number of hydrogen-bond donors (Lipinski definition) is 0. The number of Topliss-reactive ketones (excluding diaryl/α,β-unsaturated/α-hetero) is 1. The van der Waals surface area contributed by atoms with Gasteiger partial charge in [-0.1, -0.05) is 24.2 Å². The van der Waals surface area contributed by atoms with Crippen LogP contribution in [0, 0.1) is 18.8 Å². The van der Waals surface area contributed by atoms with E-state index in [1.165, 1.54) is 30.6 Å².